The van der Waals surface area contributed by atoms with E-state index in [-0.39, 0.29) is 5.91 Å². The Balaban J connectivity index is 2.05. The van der Waals surface area contributed by atoms with Crippen LogP contribution in [0.2, 0.25) is 5.02 Å². The minimum Gasteiger partial charge on any atom is -0.356 e. The third kappa shape index (κ3) is 2.64. The Morgan fingerprint density at radius 3 is 3.06 bits per heavy atom. The summed E-state index contributed by atoms with van der Waals surface area (Å²) in [4.78, 5) is 16.9. The molecule has 2 rings (SSSR count). The molecule has 3 N–H and O–H groups in total. The van der Waals surface area contributed by atoms with Crippen molar-refractivity contribution in [3.8, 4) is 0 Å². The van der Waals surface area contributed by atoms with Crippen molar-refractivity contribution in [2.45, 2.75) is 13.3 Å². The zero-order chi connectivity index (χ0) is 12.4. The van der Waals surface area contributed by atoms with Crippen LogP contribution in [0, 0.1) is 11.8 Å². The van der Waals surface area contributed by atoms with Crippen molar-refractivity contribution in [3.63, 3.8) is 0 Å². The Morgan fingerprint density at radius 2 is 2.47 bits per heavy atom. The lowest BCUT2D eigenvalue weighted by Crippen LogP contribution is -2.45. The molecule has 0 saturated carbocycles. The number of aromatic nitrogens is 1. The minimum atomic E-state index is 0.0160. The van der Waals surface area contributed by atoms with Crippen LogP contribution in [-0.2, 0) is 0 Å². The van der Waals surface area contributed by atoms with Crippen molar-refractivity contribution in [1.82, 2.24) is 9.88 Å². The fourth-order valence-electron chi connectivity index (χ4n) is 2.30. The SMILES string of the molecule is CC1CCN(C(=O)c2cc(Cl)c[nH]2)CC1CN. The van der Waals surface area contributed by atoms with E-state index in [0.717, 1.165) is 19.5 Å². The number of hydrogen-bond donors (Lipinski definition) is 2. The quantitative estimate of drug-likeness (QED) is 0.845. The molecule has 2 heterocycles. The summed E-state index contributed by atoms with van der Waals surface area (Å²) in [5.41, 5.74) is 6.29. The number of hydrogen-bond acceptors (Lipinski definition) is 2. The molecule has 4 nitrogen and oxygen atoms in total. The molecule has 2 unspecified atom stereocenters. The number of rotatable bonds is 2. The van der Waals surface area contributed by atoms with Crippen molar-refractivity contribution < 1.29 is 4.79 Å². The van der Waals surface area contributed by atoms with Crippen LogP contribution in [0.4, 0.5) is 0 Å². The number of nitrogens with two attached hydrogens (primary N) is 1. The maximum atomic E-state index is 12.2. The molecule has 2 atom stereocenters. The summed E-state index contributed by atoms with van der Waals surface area (Å²) in [6, 6.07) is 1.67. The molecule has 0 bridgehead atoms. The highest BCUT2D eigenvalue weighted by Gasteiger charge is 2.28. The van der Waals surface area contributed by atoms with E-state index in [0.29, 0.717) is 29.1 Å². The number of piperidine rings is 1. The van der Waals surface area contributed by atoms with Gasteiger partial charge in [0.1, 0.15) is 5.69 Å². The van der Waals surface area contributed by atoms with E-state index in [1.165, 1.54) is 0 Å². The molecule has 1 fully saturated rings. The third-order valence-corrected chi connectivity index (χ3v) is 3.80. The number of carbonyl (C=O) groups is 1. The molecule has 1 aliphatic heterocycles. The fraction of sp³-hybridized carbons (Fsp3) is 0.583. The lowest BCUT2D eigenvalue weighted by molar-refractivity contribution is 0.0613. The Hall–Kier alpha value is -1.00. The molecule has 0 aromatic carbocycles. The minimum absolute atomic E-state index is 0.0160. The molecule has 0 spiro atoms. The summed E-state index contributed by atoms with van der Waals surface area (Å²) in [5.74, 6) is 1.01. The van der Waals surface area contributed by atoms with Crippen LogP contribution in [0.1, 0.15) is 23.8 Å². The number of nitrogens with zero attached hydrogens (tertiary/aromatic N) is 1. The Kier molecular flexibility index (Phi) is 3.74. The number of amides is 1. The second kappa shape index (κ2) is 5.10. The van der Waals surface area contributed by atoms with Crippen molar-refractivity contribution in [2.24, 2.45) is 17.6 Å². The van der Waals surface area contributed by atoms with Gasteiger partial charge in [-0.3, -0.25) is 4.79 Å². The predicted octanol–water partition coefficient (Wildman–Crippen LogP) is 1.72. The number of halogens is 1. The van der Waals surface area contributed by atoms with Crippen molar-refractivity contribution in [3.05, 3.63) is 23.0 Å². The van der Waals surface area contributed by atoms with Crippen LogP contribution >= 0.6 is 11.6 Å². The Morgan fingerprint density at radius 1 is 1.71 bits per heavy atom. The van der Waals surface area contributed by atoms with Crippen LogP contribution in [0.15, 0.2) is 12.3 Å². The Bertz CT molecular complexity index is 404. The van der Waals surface area contributed by atoms with Gasteiger partial charge in [-0.2, -0.15) is 0 Å². The van der Waals surface area contributed by atoms with Gasteiger partial charge in [0.2, 0.25) is 0 Å². The van der Waals surface area contributed by atoms with E-state index in [1.54, 1.807) is 12.3 Å². The molecule has 1 aromatic rings. The fourth-order valence-corrected chi connectivity index (χ4v) is 2.47. The maximum absolute atomic E-state index is 12.2. The molecule has 1 aromatic heterocycles. The number of nitrogens with one attached hydrogen (secondary N) is 1. The number of likely N-dealkylation sites (tertiary alicyclic amines) is 1. The average molecular weight is 256 g/mol. The molecule has 0 radical (unpaired) electrons. The number of H-pyrrole nitrogens is 1. The lowest BCUT2D eigenvalue weighted by atomic mass is 9.87. The zero-order valence-corrected chi connectivity index (χ0v) is 10.7. The summed E-state index contributed by atoms with van der Waals surface area (Å²) in [5, 5.41) is 0.564. The van der Waals surface area contributed by atoms with Crippen LogP contribution < -0.4 is 5.73 Å². The highest BCUT2D eigenvalue weighted by atomic mass is 35.5. The van der Waals surface area contributed by atoms with E-state index >= 15 is 0 Å². The van der Waals surface area contributed by atoms with Crippen LogP contribution in [-0.4, -0.2) is 35.4 Å². The average Bonchev–Trinajstić information content (AvgIpc) is 2.75. The van der Waals surface area contributed by atoms with E-state index < -0.39 is 0 Å². The summed E-state index contributed by atoms with van der Waals surface area (Å²) < 4.78 is 0. The molecule has 1 amide bonds. The van der Waals surface area contributed by atoms with Gasteiger partial charge in [-0.25, -0.2) is 0 Å². The van der Waals surface area contributed by atoms with Crippen molar-refractivity contribution >= 4 is 17.5 Å². The highest BCUT2D eigenvalue weighted by Crippen LogP contribution is 2.23. The molecule has 1 aliphatic rings. The predicted molar refractivity (Wildman–Crippen MR) is 68.0 cm³/mol. The first-order chi connectivity index (χ1) is 8.11. The molecular formula is C12H18ClN3O. The van der Waals surface area contributed by atoms with Gasteiger partial charge in [-0.1, -0.05) is 18.5 Å². The second-order valence-corrected chi connectivity index (χ2v) is 5.18. The van der Waals surface area contributed by atoms with Gasteiger partial charge in [0.15, 0.2) is 0 Å². The molecular weight excluding hydrogens is 238 g/mol. The summed E-state index contributed by atoms with van der Waals surface area (Å²) in [7, 11) is 0. The van der Waals surface area contributed by atoms with Gasteiger partial charge in [0.05, 0.1) is 5.02 Å². The molecule has 5 heteroatoms. The smallest absolute Gasteiger partial charge is 0.270 e. The molecule has 0 aliphatic carbocycles. The van der Waals surface area contributed by atoms with Gasteiger partial charge in [-0.05, 0) is 30.9 Å². The first-order valence-electron chi connectivity index (χ1n) is 5.95. The normalized spacial score (nSPS) is 25.0. The van der Waals surface area contributed by atoms with E-state index in [1.807, 2.05) is 4.90 Å². The van der Waals surface area contributed by atoms with Gasteiger partial charge in [0, 0.05) is 19.3 Å². The lowest BCUT2D eigenvalue weighted by Gasteiger charge is -2.36. The largest absolute Gasteiger partial charge is 0.356 e. The third-order valence-electron chi connectivity index (χ3n) is 3.58. The first kappa shape index (κ1) is 12.5. The van der Waals surface area contributed by atoms with Crippen LogP contribution in [0.25, 0.3) is 0 Å². The summed E-state index contributed by atoms with van der Waals surface area (Å²) in [6.07, 6.45) is 2.64. The molecule has 1 saturated heterocycles. The monoisotopic (exact) mass is 255 g/mol. The van der Waals surface area contributed by atoms with Crippen molar-refractivity contribution in [2.75, 3.05) is 19.6 Å². The standard InChI is InChI=1S/C12H18ClN3O/c1-8-2-3-16(7-9(8)5-14)12(17)11-4-10(13)6-15-11/h4,6,8-9,15H,2-3,5,7,14H2,1H3. The maximum Gasteiger partial charge on any atom is 0.270 e. The van der Waals surface area contributed by atoms with Crippen molar-refractivity contribution in [1.29, 1.82) is 0 Å². The van der Waals surface area contributed by atoms with Gasteiger partial charge in [-0.15, -0.1) is 0 Å². The second-order valence-electron chi connectivity index (χ2n) is 4.74. The van der Waals surface area contributed by atoms with Crippen LogP contribution in [0.3, 0.4) is 0 Å². The van der Waals surface area contributed by atoms with E-state index in [9.17, 15) is 4.79 Å². The first-order valence-corrected chi connectivity index (χ1v) is 6.33. The van der Waals surface area contributed by atoms with Gasteiger partial charge < -0.3 is 15.6 Å². The number of carbonyl (C=O) groups excluding carboxylic acids is 1. The molecule has 17 heavy (non-hydrogen) atoms. The van der Waals surface area contributed by atoms with Gasteiger partial charge in [0.25, 0.3) is 5.91 Å². The summed E-state index contributed by atoms with van der Waals surface area (Å²) >= 11 is 5.80. The molecule has 94 valence electrons. The zero-order valence-electron chi connectivity index (χ0n) is 9.95. The summed E-state index contributed by atoms with van der Waals surface area (Å²) in [6.45, 7) is 4.38. The van der Waals surface area contributed by atoms with Crippen LogP contribution in [0.5, 0.6) is 0 Å². The van der Waals surface area contributed by atoms with E-state index in [2.05, 4.69) is 11.9 Å². The van der Waals surface area contributed by atoms with Gasteiger partial charge >= 0.3 is 0 Å². The van der Waals surface area contributed by atoms with E-state index in [4.69, 9.17) is 17.3 Å². The topological polar surface area (TPSA) is 62.1 Å². The number of aromatic amines is 1. The highest BCUT2D eigenvalue weighted by molar-refractivity contribution is 6.30. The Labute approximate surface area is 106 Å².